The van der Waals surface area contributed by atoms with Gasteiger partial charge >= 0.3 is 12.1 Å². The zero-order chi connectivity index (χ0) is 53.0. The molecule has 0 saturated carbocycles. The molecule has 0 spiro atoms. The number of alkyl carbamates (subject to hydrolysis) is 1. The number of carbonyl (C=O) groups excluding carboxylic acids is 2. The maximum absolute atomic E-state index is 12.7. The molecule has 12 nitrogen and oxygen atoms in total. The molecule has 0 aromatic heterocycles. The average Bonchev–Trinajstić information content (AvgIpc) is 3.44. The lowest BCUT2D eigenvalue weighted by molar-refractivity contribution is -0.143. The zero-order valence-corrected chi connectivity index (χ0v) is 43.3. The van der Waals surface area contributed by atoms with Gasteiger partial charge in [-0.05, 0) is 114 Å². The molecule has 0 aliphatic carbocycles. The van der Waals surface area contributed by atoms with Crippen LogP contribution in [0.5, 0.6) is 40.2 Å². The highest BCUT2D eigenvalue weighted by Crippen LogP contribution is 2.31. The first kappa shape index (κ1) is 53.4. The van der Waals surface area contributed by atoms with Gasteiger partial charge in [0.15, 0.2) is 0 Å². The molecule has 390 valence electrons. The molecule has 8 aromatic carbocycles. The van der Waals surface area contributed by atoms with Gasteiger partial charge in [0, 0.05) is 24.6 Å². The Morgan fingerprint density at radius 1 is 0.368 bits per heavy atom. The number of methoxy groups -OCH3 is 1. The molecule has 12 heteroatoms. The lowest BCUT2D eigenvalue weighted by Gasteiger charge is -2.22. The molecular weight excluding hydrogens is 959 g/mol. The topological polar surface area (TPSA) is 129 Å². The van der Waals surface area contributed by atoms with Crippen molar-refractivity contribution in [1.29, 1.82) is 0 Å². The van der Waals surface area contributed by atoms with E-state index in [1.54, 1.807) is 20.8 Å². The highest BCUT2D eigenvalue weighted by Gasteiger charge is 2.25. The number of hydrogen-bond donors (Lipinski definition) is 1. The van der Waals surface area contributed by atoms with E-state index in [2.05, 4.69) is 5.32 Å². The van der Waals surface area contributed by atoms with Crippen LogP contribution < -0.4 is 38.5 Å². The first-order valence-electron chi connectivity index (χ1n) is 25.1. The second-order valence-corrected chi connectivity index (χ2v) is 19.0. The standard InChI is InChI=1S/C64H63NO11/c1-64(2,3)76-63(67)65-61(62(66)68-4)35-46-25-27-54(28-26-46)69-43-51-29-59(74-44-52-31-55(70-39-47-17-9-5-10-18-47)36-56(32-52)71-40-48-19-11-6-12-20-48)38-60(30-51)75-45-53-33-57(72-41-49-21-13-7-14-22-49)37-58(34-53)73-42-50-23-15-8-16-24-50/h5-34,36-38,61H,35,39-45H2,1-4H3,(H,65,67). The van der Waals surface area contributed by atoms with Crippen molar-refractivity contribution in [3.63, 3.8) is 0 Å². The molecule has 0 saturated heterocycles. The van der Waals surface area contributed by atoms with Crippen molar-refractivity contribution in [2.45, 2.75) is 85.1 Å². The number of hydrogen-bond acceptors (Lipinski definition) is 11. The fourth-order valence-electron chi connectivity index (χ4n) is 7.85. The van der Waals surface area contributed by atoms with E-state index in [0.29, 0.717) is 66.7 Å². The van der Waals surface area contributed by atoms with Crippen LogP contribution in [-0.2, 0) is 66.9 Å². The Bertz CT molecular complexity index is 2790. The summed E-state index contributed by atoms with van der Waals surface area (Å²) in [4.78, 5) is 25.2. The number of esters is 1. The van der Waals surface area contributed by atoms with Crippen molar-refractivity contribution in [3.8, 4) is 40.2 Å². The van der Waals surface area contributed by atoms with Gasteiger partial charge in [-0.15, -0.1) is 0 Å². The average molecular weight is 1020 g/mol. The number of rotatable bonds is 25. The highest BCUT2D eigenvalue weighted by molar-refractivity contribution is 5.81. The third-order valence-corrected chi connectivity index (χ3v) is 11.6. The maximum Gasteiger partial charge on any atom is 0.408 e. The van der Waals surface area contributed by atoms with Crippen LogP contribution in [0.15, 0.2) is 200 Å². The predicted octanol–water partition coefficient (Wildman–Crippen LogP) is 13.3. The lowest BCUT2D eigenvalue weighted by atomic mass is 10.1. The Balaban J connectivity index is 1.02. The summed E-state index contributed by atoms with van der Waals surface area (Å²) in [5.74, 6) is 3.67. The first-order chi connectivity index (χ1) is 37.0. The molecule has 8 rings (SSSR count). The SMILES string of the molecule is COC(=O)C(Cc1ccc(OCc2cc(OCc3cc(OCc4ccccc4)cc(OCc4ccccc4)c3)cc(OCc3cc(OCc4ccccc4)cc(OCc4ccccc4)c3)c2)cc1)NC(=O)OC(C)(C)C. The van der Waals surface area contributed by atoms with Crippen LogP contribution in [0.2, 0.25) is 0 Å². The number of nitrogens with one attached hydrogen (secondary N) is 1. The number of ether oxygens (including phenoxy) is 9. The van der Waals surface area contributed by atoms with Crippen molar-refractivity contribution in [3.05, 3.63) is 245 Å². The number of carbonyl (C=O) groups is 2. The molecule has 0 aliphatic heterocycles. The van der Waals surface area contributed by atoms with Crippen LogP contribution in [0.1, 0.15) is 65.3 Å². The summed E-state index contributed by atoms with van der Waals surface area (Å²) in [6.45, 7) is 7.34. The minimum Gasteiger partial charge on any atom is -0.489 e. The lowest BCUT2D eigenvalue weighted by Crippen LogP contribution is -2.45. The molecule has 1 N–H and O–H groups in total. The Hall–Kier alpha value is -8.90. The first-order valence-corrected chi connectivity index (χ1v) is 25.1. The highest BCUT2D eigenvalue weighted by atomic mass is 16.6. The molecule has 0 fully saturated rings. The minimum atomic E-state index is -0.955. The summed E-state index contributed by atoms with van der Waals surface area (Å²) in [7, 11) is 1.28. The van der Waals surface area contributed by atoms with Crippen LogP contribution in [0.25, 0.3) is 0 Å². The third kappa shape index (κ3) is 17.7. The molecule has 0 aliphatic rings. The molecule has 0 radical (unpaired) electrons. The summed E-state index contributed by atoms with van der Waals surface area (Å²) in [5, 5.41) is 2.63. The number of amides is 1. The van der Waals surface area contributed by atoms with Crippen LogP contribution >= 0.6 is 0 Å². The summed E-state index contributed by atoms with van der Waals surface area (Å²) < 4.78 is 55.0. The van der Waals surface area contributed by atoms with Gasteiger partial charge in [0.25, 0.3) is 0 Å². The monoisotopic (exact) mass is 1020 g/mol. The zero-order valence-electron chi connectivity index (χ0n) is 43.3. The van der Waals surface area contributed by atoms with Gasteiger partial charge in [-0.3, -0.25) is 0 Å². The van der Waals surface area contributed by atoms with E-state index in [9.17, 15) is 9.59 Å². The van der Waals surface area contributed by atoms with Gasteiger partial charge in [0.1, 0.15) is 98.1 Å². The van der Waals surface area contributed by atoms with E-state index < -0.39 is 23.7 Å². The Labute approximate surface area is 445 Å². The van der Waals surface area contributed by atoms with E-state index in [1.165, 1.54) is 7.11 Å². The van der Waals surface area contributed by atoms with Gasteiger partial charge < -0.3 is 47.9 Å². The van der Waals surface area contributed by atoms with Crippen molar-refractivity contribution in [2.24, 2.45) is 0 Å². The van der Waals surface area contributed by atoms with E-state index in [-0.39, 0.29) is 26.2 Å². The van der Waals surface area contributed by atoms with E-state index in [1.807, 2.05) is 200 Å². The fraction of sp³-hybridized carbons (Fsp3) is 0.219. The molecule has 1 unspecified atom stereocenters. The van der Waals surface area contributed by atoms with Crippen molar-refractivity contribution in [2.75, 3.05) is 7.11 Å². The summed E-state index contributed by atoms with van der Waals surface area (Å²) >= 11 is 0. The van der Waals surface area contributed by atoms with Gasteiger partial charge in [-0.1, -0.05) is 133 Å². The smallest absolute Gasteiger partial charge is 0.408 e. The molecule has 76 heavy (non-hydrogen) atoms. The van der Waals surface area contributed by atoms with Gasteiger partial charge in [0.2, 0.25) is 0 Å². The molecular formula is C64H63NO11. The predicted molar refractivity (Wildman–Crippen MR) is 291 cm³/mol. The second kappa shape index (κ2) is 26.9. The largest absolute Gasteiger partial charge is 0.489 e. The molecule has 8 aromatic rings. The molecule has 1 atom stereocenters. The van der Waals surface area contributed by atoms with Crippen LogP contribution in [0, 0.1) is 0 Å². The van der Waals surface area contributed by atoms with E-state index in [4.69, 9.17) is 42.6 Å². The number of benzene rings is 8. The molecule has 0 bridgehead atoms. The maximum atomic E-state index is 12.7. The van der Waals surface area contributed by atoms with E-state index in [0.717, 1.165) is 44.5 Å². The Kier molecular flexibility index (Phi) is 18.9. The summed E-state index contributed by atoms with van der Waals surface area (Å²) in [6.07, 6.45) is -0.534. The van der Waals surface area contributed by atoms with E-state index >= 15 is 0 Å². The van der Waals surface area contributed by atoms with Crippen LogP contribution in [-0.4, -0.2) is 30.8 Å². The third-order valence-electron chi connectivity index (χ3n) is 11.6. The Morgan fingerprint density at radius 3 is 0.947 bits per heavy atom. The Morgan fingerprint density at radius 2 is 0.658 bits per heavy atom. The van der Waals surface area contributed by atoms with Crippen molar-refractivity contribution in [1.82, 2.24) is 5.32 Å². The summed E-state index contributed by atoms with van der Waals surface area (Å²) in [6, 6.07) is 63.6. The van der Waals surface area contributed by atoms with Gasteiger partial charge in [0.05, 0.1) is 7.11 Å². The minimum absolute atomic E-state index is 0.165. The fourth-order valence-corrected chi connectivity index (χ4v) is 7.85. The van der Waals surface area contributed by atoms with Gasteiger partial charge in [-0.25, -0.2) is 9.59 Å². The summed E-state index contributed by atoms with van der Waals surface area (Å²) in [5.41, 5.74) is 6.66. The quantitative estimate of drug-likeness (QED) is 0.0549. The normalized spacial score (nSPS) is 11.4. The second-order valence-electron chi connectivity index (χ2n) is 19.0. The van der Waals surface area contributed by atoms with Crippen molar-refractivity contribution >= 4 is 12.1 Å². The molecule has 1 amide bonds. The van der Waals surface area contributed by atoms with Crippen LogP contribution in [0.3, 0.4) is 0 Å². The van der Waals surface area contributed by atoms with Crippen molar-refractivity contribution < 1.29 is 52.2 Å². The van der Waals surface area contributed by atoms with Crippen LogP contribution in [0.4, 0.5) is 4.79 Å². The molecule has 0 heterocycles. The van der Waals surface area contributed by atoms with Gasteiger partial charge in [-0.2, -0.15) is 0 Å².